The number of hydrogen-bond donors (Lipinski definition) is 0. The normalized spacial score (nSPS) is 11.6. The molecule has 2 aromatic heterocycles. The summed E-state index contributed by atoms with van der Waals surface area (Å²) in [4.78, 5) is 30.6. The molecule has 0 aliphatic rings. The zero-order valence-electron chi connectivity index (χ0n) is 25.5. The van der Waals surface area contributed by atoms with Crippen molar-refractivity contribution in [3.8, 4) is 11.5 Å². The first-order valence-corrected chi connectivity index (χ1v) is 15.5. The minimum absolute atomic E-state index is 0.0875. The third-order valence-electron chi connectivity index (χ3n) is 8.70. The third-order valence-corrected chi connectivity index (χ3v) is 8.70. The number of anilines is 3. The Morgan fingerprint density at radius 1 is 0.522 bits per heavy atom. The van der Waals surface area contributed by atoms with Crippen molar-refractivity contribution in [2.75, 3.05) is 4.90 Å². The predicted octanol–water partition coefficient (Wildman–Crippen LogP) is 9.94. The second-order valence-corrected chi connectivity index (χ2v) is 11.9. The van der Waals surface area contributed by atoms with Crippen molar-refractivity contribution in [2.45, 2.75) is 19.8 Å². The molecule has 46 heavy (non-hydrogen) atoms. The quantitative estimate of drug-likeness (QED) is 0.141. The Balaban J connectivity index is 1.50. The average Bonchev–Trinajstić information content (AvgIpc) is 3.09. The number of aromatic nitrogens is 1. The van der Waals surface area contributed by atoms with E-state index >= 15 is 0 Å². The molecule has 0 saturated carbocycles. The van der Waals surface area contributed by atoms with E-state index < -0.39 is 0 Å². The van der Waals surface area contributed by atoms with Crippen LogP contribution >= 0.6 is 0 Å². The number of nitrogens with zero attached hydrogens (tertiary/aromatic N) is 2. The van der Waals surface area contributed by atoms with E-state index in [0.29, 0.717) is 44.1 Å². The molecular weight excluding hydrogens is 568 g/mol. The lowest BCUT2D eigenvalue weighted by molar-refractivity contribution is 0.483. The lowest BCUT2D eigenvalue weighted by atomic mass is 9.95. The predicted molar refractivity (Wildman–Crippen MR) is 189 cm³/mol. The van der Waals surface area contributed by atoms with Crippen LogP contribution in [0.3, 0.4) is 0 Å². The van der Waals surface area contributed by atoms with Crippen molar-refractivity contribution >= 4 is 55.2 Å². The molecule has 0 amide bonds. The summed E-state index contributed by atoms with van der Waals surface area (Å²) in [7, 11) is 0. The average molecular weight is 599 g/mol. The summed E-state index contributed by atoms with van der Waals surface area (Å²) in [5.74, 6) is 1.45. The minimum atomic E-state index is -0.0983. The van der Waals surface area contributed by atoms with Gasteiger partial charge in [-0.1, -0.05) is 68.4 Å². The van der Waals surface area contributed by atoms with Crippen LogP contribution in [0, 0.1) is 0 Å². The van der Waals surface area contributed by atoms with Gasteiger partial charge in [0.1, 0.15) is 11.5 Å². The Kier molecular flexibility index (Phi) is 6.54. The van der Waals surface area contributed by atoms with Crippen molar-refractivity contribution in [3.05, 3.63) is 166 Å². The zero-order chi connectivity index (χ0) is 31.4. The van der Waals surface area contributed by atoms with E-state index in [-0.39, 0.29) is 16.8 Å². The number of fused-ring (bicyclic) bond motifs is 4. The highest BCUT2D eigenvalue weighted by atomic mass is 16.5. The van der Waals surface area contributed by atoms with Crippen LogP contribution in [0.15, 0.2) is 149 Å². The fourth-order valence-corrected chi connectivity index (χ4v) is 6.45. The van der Waals surface area contributed by atoms with Crippen LogP contribution in [0.1, 0.15) is 25.3 Å². The first kappa shape index (κ1) is 27.6. The largest absolute Gasteiger partial charge is 0.457 e. The molecule has 0 unspecified atom stereocenters. The Hall–Kier alpha value is -5.94. The highest BCUT2D eigenvalue weighted by Crippen LogP contribution is 2.37. The summed E-state index contributed by atoms with van der Waals surface area (Å²) in [5.41, 5.74) is 5.67. The first-order valence-electron chi connectivity index (χ1n) is 15.5. The minimum Gasteiger partial charge on any atom is -0.457 e. The molecule has 5 nitrogen and oxygen atoms in total. The van der Waals surface area contributed by atoms with Gasteiger partial charge in [0.05, 0.1) is 16.6 Å². The van der Waals surface area contributed by atoms with Crippen molar-refractivity contribution in [1.82, 2.24) is 4.40 Å². The van der Waals surface area contributed by atoms with Gasteiger partial charge in [0.15, 0.2) is 10.9 Å². The van der Waals surface area contributed by atoms with Gasteiger partial charge in [0.2, 0.25) is 0 Å². The van der Waals surface area contributed by atoms with Crippen LogP contribution in [0.4, 0.5) is 17.1 Å². The van der Waals surface area contributed by atoms with Gasteiger partial charge in [0.25, 0.3) is 0 Å². The molecule has 222 valence electrons. The molecule has 0 radical (unpaired) electrons. The van der Waals surface area contributed by atoms with E-state index in [0.717, 1.165) is 28.1 Å². The summed E-state index contributed by atoms with van der Waals surface area (Å²) in [5, 5.41) is 2.22. The van der Waals surface area contributed by atoms with E-state index in [2.05, 4.69) is 53.5 Å². The summed E-state index contributed by atoms with van der Waals surface area (Å²) in [6.07, 6.45) is 0. The van der Waals surface area contributed by atoms with Crippen molar-refractivity contribution in [2.24, 2.45) is 0 Å². The molecule has 5 heteroatoms. The van der Waals surface area contributed by atoms with Crippen molar-refractivity contribution < 1.29 is 4.74 Å². The standard InChI is InChI=1S/C41H30N2O3/c1-26(2)27-22-35-39-36(23-27)41(45)34-21-19-32(46-31-16-10-5-11-17-31)25-38(34)43(39)37-24-30(18-20-33(37)40(35)44)42(28-12-6-3-7-13-28)29-14-8-4-9-15-29/h3-26H,1-2H3. The van der Waals surface area contributed by atoms with Crippen LogP contribution < -0.4 is 20.5 Å². The molecule has 2 heterocycles. The molecule has 8 aromatic rings. The number of ether oxygens (including phenoxy) is 1. The number of hydrogen-bond acceptors (Lipinski definition) is 4. The smallest absolute Gasteiger partial charge is 0.197 e. The van der Waals surface area contributed by atoms with Gasteiger partial charge in [-0.25, -0.2) is 0 Å². The summed E-state index contributed by atoms with van der Waals surface area (Å²) in [6, 6.07) is 45.4. The molecule has 0 fully saturated rings. The number of rotatable bonds is 6. The maximum atomic E-state index is 14.3. The molecule has 0 saturated heterocycles. The molecule has 0 aliphatic carbocycles. The maximum Gasteiger partial charge on any atom is 0.197 e. The highest BCUT2D eigenvalue weighted by molar-refractivity contribution is 6.08. The molecule has 0 bridgehead atoms. The van der Waals surface area contributed by atoms with Gasteiger partial charge in [-0.05, 0) is 90.3 Å². The lowest BCUT2D eigenvalue weighted by Gasteiger charge is -2.26. The Bertz CT molecular complexity index is 2450. The summed E-state index contributed by atoms with van der Waals surface area (Å²) >= 11 is 0. The molecule has 0 aliphatic heterocycles. The second kappa shape index (κ2) is 10.9. The van der Waals surface area contributed by atoms with Crippen LogP contribution in [0.25, 0.3) is 38.1 Å². The zero-order valence-corrected chi connectivity index (χ0v) is 25.5. The molecule has 0 N–H and O–H groups in total. The van der Waals surface area contributed by atoms with Gasteiger partial charge in [0, 0.05) is 44.7 Å². The lowest BCUT2D eigenvalue weighted by Crippen LogP contribution is -2.16. The van der Waals surface area contributed by atoms with Crippen LogP contribution in [0.2, 0.25) is 0 Å². The van der Waals surface area contributed by atoms with Gasteiger partial charge < -0.3 is 14.0 Å². The number of pyridine rings is 2. The van der Waals surface area contributed by atoms with E-state index in [1.54, 1.807) is 0 Å². The fraction of sp³-hybridized carbons (Fsp3) is 0.0732. The topological polar surface area (TPSA) is 51.0 Å². The Morgan fingerprint density at radius 3 is 1.61 bits per heavy atom. The Morgan fingerprint density at radius 2 is 1.04 bits per heavy atom. The van der Waals surface area contributed by atoms with E-state index in [1.165, 1.54) is 0 Å². The van der Waals surface area contributed by atoms with E-state index in [9.17, 15) is 9.59 Å². The molecular formula is C41H30N2O3. The van der Waals surface area contributed by atoms with Crippen molar-refractivity contribution in [1.29, 1.82) is 0 Å². The van der Waals surface area contributed by atoms with E-state index in [1.807, 2.05) is 109 Å². The second-order valence-electron chi connectivity index (χ2n) is 11.9. The number of para-hydroxylation sites is 3. The Labute approximate surface area is 265 Å². The van der Waals surface area contributed by atoms with Gasteiger partial charge >= 0.3 is 0 Å². The third kappa shape index (κ3) is 4.48. The van der Waals surface area contributed by atoms with Crippen molar-refractivity contribution in [3.63, 3.8) is 0 Å². The van der Waals surface area contributed by atoms with Gasteiger partial charge in [-0.2, -0.15) is 0 Å². The van der Waals surface area contributed by atoms with E-state index in [4.69, 9.17) is 4.74 Å². The van der Waals surface area contributed by atoms with Crippen LogP contribution in [0.5, 0.6) is 11.5 Å². The van der Waals surface area contributed by atoms with Crippen LogP contribution in [-0.4, -0.2) is 4.40 Å². The molecule has 6 aromatic carbocycles. The molecule has 0 atom stereocenters. The maximum absolute atomic E-state index is 14.3. The van der Waals surface area contributed by atoms with Gasteiger partial charge in [-0.3, -0.25) is 9.59 Å². The molecule has 0 spiro atoms. The monoisotopic (exact) mass is 598 g/mol. The fourth-order valence-electron chi connectivity index (χ4n) is 6.45. The van der Waals surface area contributed by atoms with Crippen LogP contribution in [-0.2, 0) is 0 Å². The highest BCUT2D eigenvalue weighted by Gasteiger charge is 2.21. The SMILES string of the molecule is CC(C)c1cc2c(=O)c3ccc(Oc4ccccc4)cc3n3c4cc(N(c5ccccc5)c5ccccc5)ccc4c(=O)c(c1)c23. The first-order chi connectivity index (χ1) is 22.5. The number of benzene rings is 6. The molecule has 8 rings (SSSR count). The summed E-state index contributed by atoms with van der Waals surface area (Å²) < 4.78 is 8.31. The van der Waals surface area contributed by atoms with Gasteiger partial charge in [-0.15, -0.1) is 0 Å². The summed E-state index contributed by atoms with van der Waals surface area (Å²) in [6.45, 7) is 4.16.